The van der Waals surface area contributed by atoms with Crippen LogP contribution in [-0.2, 0) is 14.3 Å². The molecular weight excluding hydrogens is 1020 g/mol. The summed E-state index contributed by atoms with van der Waals surface area (Å²) in [5.41, 5.74) is 0. The molecule has 83 heavy (non-hydrogen) atoms. The van der Waals surface area contributed by atoms with E-state index in [0.717, 1.165) is 38.5 Å². The number of aliphatic hydroxyl groups is 2. The minimum absolute atomic E-state index is 0.0208. The van der Waals surface area contributed by atoms with Crippen LogP contribution in [0.25, 0.3) is 0 Å². The van der Waals surface area contributed by atoms with Crippen molar-refractivity contribution < 1.29 is 24.5 Å². The third-order valence-corrected chi connectivity index (χ3v) is 18.7. The van der Waals surface area contributed by atoms with E-state index in [4.69, 9.17) is 4.74 Å². The summed E-state index contributed by atoms with van der Waals surface area (Å²) in [7, 11) is 0. The number of carbonyl (C=O) groups excluding carboxylic acids is 2. The molecule has 0 heterocycles. The van der Waals surface area contributed by atoms with Crippen LogP contribution in [0.15, 0.2) is 0 Å². The van der Waals surface area contributed by atoms with Crippen LogP contribution in [0.2, 0.25) is 0 Å². The number of esters is 1. The summed E-state index contributed by atoms with van der Waals surface area (Å²) >= 11 is 0. The van der Waals surface area contributed by atoms with Gasteiger partial charge in [0.15, 0.2) is 0 Å². The topological polar surface area (TPSA) is 95.9 Å². The molecule has 0 saturated heterocycles. The third-order valence-electron chi connectivity index (χ3n) is 18.7. The molecule has 0 radical (unpaired) electrons. The van der Waals surface area contributed by atoms with E-state index < -0.39 is 12.1 Å². The Morgan fingerprint density at radius 1 is 0.289 bits per heavy atom. The summed E-state index contributed by atoms with van der Waals surface area (Å²) in [6, 6.07) is -0.542. The van der Waals surface area contributed by atoms with Gasteiger partial charge in [-0.05, 0) is 25.7 Å². The van der Waals surface area contributed by atoms with Gasteiger partial charge in [-0.25, -0.2) is 0 Å². The molecule has 2 unspecified atom stereocenters. The molecule has 496 valence electrons. The van der Waals surface area contributed by atoms with Gasteiger partial charge < -0.3 is 20.3 Å². The van der Waals surface area contributed by atoms with Gasteiger partial charge in [0.05, 0.1) is 25.4 Å². The predicted octanol–water partition coefficient (Wildman–Crippen LogP) is 25.3. The van der Waals surface area contributed by atoms with Crippen molar-refractivity contribution in [2.75, 3.05) is 13.2 Å². The highest BCUT2D eigenvalue weighted by Crippen LogP contribution is 2.20. The highest BCUT2D eigenvalue weighted by atomic mass is 16.5. The van der Waals surface area contributed by atoms with Gasteiger partial charge in [-0.15, -0.1) is 0 Å². The Morgan fingerprint density at radius 2 is 0.494 bits per heavy atom. The summed E-state index contributed by atoms with van der Waals surface area (Å²) < 4.78 is 5.52. The molecule has 0 rings (SSSR count). The van der Waals surface area contributed by atoms with Gasteiger partial charge >= 0.3 is 5.97 Å². The van der Waals surface area contributed by atoms with Crippen LogP contribution in [0, 0.1) is 0 Å². The van der Waals surface area contributed by atoms with Crippen LogP contribution in [0.5, 0.6) is 0 Å². The highest BCUT2D eigenvalue weighted by Gasteiger charge is 2.20. The summed E-state index contributed by atoms with van der Waals surface area (Å²) in [6.45, 7) is 5.02. The van der Waals surface area contributed by atoms with Crippen molar-refractivity contribution in [3.05, 3.63) is 0 Å². The quantitative estimate of drug-likeness (QED) is 0.0417. The molecule has 0 aromatic rings. The van der Waals surface area contributed by atoms with E-state index in [1.807, 2.05) is 0 Å². The fraction of sp³-hybridized carbons (Fsp3) is 0.974. The maximum Gasteiger partial charge on any atom is 0.305 e. The van der Waals surface area contributed by atoms with Crippen LogP contribution in [0.1, 0.15) is 457 Å². The number of hydrogen-bond acceptors (Lipinski definition) is 5. The van der Waals surface area contributed by atoms with Crippen molar-refractivity contribution in [3.8, 4) is 0 Å². The maximum atomic E-state index is 12.6. The fourth-order valence-corrected chi connectivity index (χ4v) is 12.8. The normalized spacial score (nSPS) is 12.4. The summed E-state index contributed by atoms with van der Waals surface area (Å²) in [4.78, 5) is 24.7. The van der Waals surface area contributed by atoms with Gasteiger partial charge in [0.1, 0.15) is 0 Å². The van der Waals surface area contributed by atoms with E-state index in [1.165, 1.54) is 385 Å². The van der Waals surface area contributed by atoms with Gasteiger partial charge in [0.2, 0.25) is 5.91 Å². The minimum atomic E-state index is -0.665. The first-order valence-electron chi connectivity index (χ1n) is 38.8. The Balaban J connectivity index is 3.35. The van der Waals surface area contributed by atoms with Crippen molar-refractivity contribution in [1.29, 1.82) is 0 Å². The molecule has 3 N–H and O–H groups in total. The zero-order chi connectivity index (χ0) is 59.9. The average Bonchev–Trinajstić information content (AvgIpc) is 3.49. The van der Waals surface area contributed by atoms with Gasteiger partial charge in [0, 0.05) is 12.8 Å². The predicted molar refractivity (Wildman–Crippen MR) is 366 cm³/mol. The van der Waals surface area contributed by atoms with Crippen LogP contribution in [0.4, 0.5) is 0 Å². The molecular formula is C77H153NO5. The molecule has 0 aromatic heterocycles. The Hall–Kier alpha value is -1.14. The molecule has 0 spiro atoms. The molecule has 0 aliphatic rings. The van der Waals surface area contributed by atoms with Gasteiger partial charge in [-0.2, -0.15) is 0 Å². The van der Waals surface area contributed by atoms with Crippen LogP contribution >= 0.6 is 0 Å². The second-order valence-electron chi connectivity index (χ2n) is 27.1. The lowest BCUT2D eigenvalue weighted by Gasteiger charge is -2.22. The van der Waals surface area contributed by atoms with Crippen molar-refractivity contribution in [2.24, 2.45) is 0 Å². The zero-order valence-corrected chi connectivity index (χ0v) is 57.0. The van der Waals surface area contributed by atoms with E-state index in [0.29, 0.717) is 25.9 Å². The third kappa shape index (κ3) is 69.8. The number of rotatable bonds is 74. The molecule has 0 saturated carbocycles. The van der Waals surface area contributed by atoms with Crippen molar-refractivity contribution in [1.82, 2.24) is 5.32 Å². The molecule has 2 atom stereocenters. The van der Waals surface area contributed by atoms with E-state index in [-0.39, 0.29) is 18.5 Å². The molecule has 0 bridgehead atoms. The van der Waals surface area contributed by atoms with Gasteiger partial charge in [-0.1, -0.05) is 418 Å². The Kier molecular flexibility index (Phi) is 72.3. The zero-order valence-electron chi connectivity index (χ0n) is 57.0. The number of aliphatic hydroxyl groups excluding tert-OH is 2. The van der Waals surface area contributed by atoms with Gasteiger partial charge in [-0.3, -0.25) is 9.59 Å². The minimum Gasteiger partial charge on any atom is -0.466 e. The monoisotopic (exact) mass is 1170 g/mol. The molecule has 0 fully saturated rings. The number of nitrogens with one attached hydrogen (secondary N) is 1. The highest BCUT2D eigenvalue weighted by molar-refractivity contribution is 5.76. The lowest BCUT2D eigenvalue weighted by Crippen LogP contribution is -2.45. The number of carbonyl (C=O) groups is 2. The average molecular weight is 1170 g/mol. The molecule has 1 amide bonds. The van der Waals surface area contributed by atoms with E-state index in [9.17, 15) is 19.8 Å². The SMILES string of the molecule is CCCCCCCCCCCCCCCCCCCCCCCCCCCC(O)C(CO)NC(=O)CCCCCCCCCCCCCCCCCCCCCCCCCOC(=O)CCCCCCCCCCCCCCCCCCCC. The largest absolute Gasteiger partial charge is 0.466 e. The summed E-state index contributed by atoms with van der Waals surface area (Å²) in [6.07, 6.45) is 90.3. The maximum absolute atomic E-state index is 12.6. The van der Waals surface area contributed by atoms with E-state index >= 15 is 0 Å². The van der Waals surface area contributed by atoms with Crippen molar-refractivity contribution in [2.45, 2.75) is 469 Å². The van der Waals surface area contributed by atoms with E-state index in [2.05, 4.69) is 19.2 Å². The second kappa shape index (κ2) is 73.3. The number of hydrogen-bond donors (Lipinski definition) is 3. The number of amides is 1. The lowest BCUT2D eigenvalue weighted by atomic mass is 10.0. The van der Waals surface area contributed by atoms with Crippen LogP contribution in [-0.4, -0.2) is 47.4 Å². The number of unbranched alkanes of at least 4 members (excludes halogenated alkanes) is 63. The summed E-state index contributed by atoms with van der Waals surface area (Å²) in [5.74, 6) is -0.00701. The van der Waals surface area contributed by atoms with Crippen LogP contribution in [0.3, 0.4) is 0 Å². The Labute approximate surface area is 521 Å². The Bertz CT molecular complexity index is 1210. The van der Waals surface area contributed by atoms with Crippen molar-refractivity contribution >= 4 is 11.9 Å². The van der Waals surface area contributed by atoms with Gasteiger partial charge in [0.25, 0.3) is 0 Å². The summed E-state index contributed by atoms with van der Waals surface area (Å²) in [5, 5.41) is 23.5. The van der Waals surface area contributed by atoms with Crippen LogP contribution < -0.4 is 5.32 Å². The molecule has 0 aliphatic carbocycles. The second-order valence-corrected chi connectivity index (χ2v) is 27.1. The lowest BCUT2D eigenvalue weighted by molar-refractivity contribution is -0.143. The first-order valence-corrected chi connectivity index (χ1v) is 38.8. The van der Waals surface area contributed by atoms with Crippen molar-refractivity contribution in [3.63, 3.8) is 0 Å². The molecule has 0 aromatic carbocycles. The van der Waals surface area contributed by atoms with E-state index in [1.54, 1.807) is 0 Å². The Morgan fingerprint density at radius 3 is 0.735 bits per heavy atom. The number of ether oxygens (including phenoxy) is 1. The first kappa shape index (κ1) is 81.9. The standard InChI is InChI=1S/C77H153NO5/c1-3-5-7-9-11-13-15-17-19-21-23-24-25-26-28-31-34-37-41-45-49-53-57-61-65-69-75(80)74(73-79)78-76(81)70-66-62-58-54-50-46-42-38-35-32-29-27-30-33-36-40-44-48-52-56-60-64-68-72-83-77(82)71-67-63-59-55-51-47-43-39-22-20-18-16-14-12-10-8-6-4-2/h74-75,79-80H,3-73H2,1-2H3,(H,78,81). The smallest absolute Gasteiger partial charge is 0.305 e. The molecule has 6 nitrogen and oxygen atoms in total. The fourth-order valence-electron chi connectivity index (χ4n) is 12.8. The molecule has 0 aliphatic heterocycles. The molecule has 6 heteroatoms. The first-order chi connectivity index (χ1) is 41.0.